The maximum Gasteiger partial charge on any atom is 0.0621 e. The standard InChI is InChI=1S/C20H31N3O/c1-20(2,9-4-10-21)16-22-19-6-3-5-18(13-19)14-23-11-7-17(15-24)8-12-23/h3,5-6,13,17,22,24H,4,7-9,11-12,14-16H2,1-2H3. The van der Waals surface area contributed by atoms with Gasteiger partial charge in [-0.05, 0) is 61.4 Å². The molecule has 1 aromatic rings. The molecule has 0 radical (unpaired) electrons. The van der Waals surface area contributed by atoms with Gasteiger partial charge in [-0.3, -0.25) is 4.90 Å². The van der Waals surface area contributed by atoms with Crippen LogP contribution in [0.2, 0.25) is 0 Å². The summed E-state index contributed by atoms with van der Waals surface area (Å²) in [5.74, 6) is 0.491. The molecule has 0 aromatic heterocycles. The number of nitrogens with zero attached hydrogens (tertiary/aromatic N) is 2. The Morgan fingerprint density at radius 1 is 1.33 bits per heavy atom. The Labute approximate surface area is 146 Å². The van der Waals surface area contributed by atoms with E-state index in [0.717, 1.165) is 51.1 Å². The maximum absolute atomic E-state index is 9.24. The van der Waals surface area contributed by atoms with E-state index in [2.05, 4.69) is 54.4 Å². The normalized spacial score (nSPS) is 16.8. The van der Waals surface area contributed by atoms with E-state index in [0.29, 0.717) is 18.9 Å². The van der Waals surface area contributed by atoms with Crippen molar-refractivity contribution in [2.45, 2.75) is 46.1 Å². The summed E-state index contributed by atoms with van der Waals surface area (Å²) in [7, 11) is 0. The van der Waals surface area contributed by atoms with Gasteiger partial charge in [0.1, 0.15) is 0 Å². The molecular formula is C20H31N3O. The minimum Gasteiger partial charge on any atom is -0.396 e. The van der Waals surface area contributed by atoms with Gasteiger partial charge in [-0.2, -0.15) is 5.26 Å². The number of nitriles is 1. The highest BCUT2D eigenvalue weighted by Gasteiger charge is 2.19. The number of benzene rings is 1. The largest absolute Gasteiger partial charge is 0.396 e. The van der Waals surface area contributed by atoms with Crippen molar-refractivity contribution in [3.63, 3.8) is 0 Å². The first kappa shape index (κ1) is 18.8. The third-order valence-electron chi connectivity index (χ3n) is 4.98. The third-order valence-corrected chi connectivity index (χ3v) is 4.98. The summed E-state index contributed by atoms with van der Waals surface area (Å²) in [5.41, 5.74) is 2.61. The molecular weight excluding hydrogens is 298 g/mol. The Morgan fingerprint density at radius 3 is 2.75 bits per heavy atom. The van der Waals surface area contributed by atoms with Crippen LogP contribution in [0.25, 0.3) is 0 Å². The summed E-state index contributed by atoms with van der Waals surface area (Å²) in [6.07, 6.45) is 3.72. The first-order chi connectivity index (χ1) is 11.5. The molecule has 0 aliphatic carbocycles. The molecule has 1 aliphatic rings. The first-order valence-electron chi connectivity index (χ1n) is 9.05. The van der Waals surface area contributed by atoms with Crippen LogP contribution in [0.15, 0.2) is 24.3 Å². The highest BCUT2D eigenvalue weighted by molar-refractivity contribution is 5.45. The van der Waals surface area contributed by atoms with Gasteiger partial charge >= 0.3 is 0 Å². The van der Waals surface area contributed by atoms with Crippen LogP contribution < -0.4 is 5.32 Å². The smallest absolute Gasteiger partial charge is 0.0621 e. The van der Waals surface area contributed by atoms with Gasteiger partial charge in [0.15, 0.2) is 0 Å². The SMILES string of the molecule is CC(C)(CCC#N)CNc1cccc(CN2CCC(CO)CC2)c1. The van der Waals surface area contributed by atoms with Crippen LogP contribution in [0.4, 0.5) is 5.69 Å². The molecule has 1 fully saturated rings. The van der Waals surface area contributed by atoms with Gasteiger partial charge in [-0.25, -0.2) is 0 Å². The molecule has 0 spiro atoms. The van der Waals surface area contributed by atoms with Crippen LogP contribution in [0.1, 0.15) is 45.1 Å². The number of nitrogens with one attached hydrogen (secondary N) is 1. The average Bonchev–Trinajstić information content (AvgIpc) is 2.59. The fourth-order valence-electron chi connectivity index (χ4n) is 3.19. The van der Waals surface area contributed by atoms with Crippen molar-refractivity contribution in [2.24, 2.45) is 11.3 Å². The molecule has 1 saturated heterocycles. The van der Waals surface area contributed by atoms with Gasteiger partial charge in [-0.1, -0.05) is 26.0 Å². The number of aliphatic hydroxyl groups is 1. The Balaban J connectivity index is 1.84. The second-order valence-electron chi connectivity index (χ2n) is 7.78. The van der Waals surface area contributed by atoms with Crippen molar-refractivity contribution in [1.29, 1.82) is 5.26 Å². The molecule has 0 atom stereocenters. The van der Waals surface area contributed by atoms with Gasteiger partial charge < -0.3 is 10.4 Å². The summed E-state index contributed by atoms with van der Waals surface area (Å²) >= 11 is 0. The fraction of sp³-hybridized carbons (Fsp3) is 0.650. The lowest BCUT2D eigenvalue weighted by Crippen LogP contribution is -2.34. The molecule has 0 bridgehead atoms. The van der Waals surface area contributed by atoms with Gasteiger partial charge in [-0.15, -0.1) is 0 Å². The lowest BCUT2D eigenvalue weighted by molar-refractivity contribution is 0.127. The minimum atomic E-state index is 0.123. The van der Waals surface area contributed by atoms with Crippen LogP contribution in [0.3, 0.4) is 0 Å². The summed E-state index contributed by atoms with van der Waals surface area (Å²) in [6, 6.07) is 10.9. The summed E-state index contributed by atoms with van der Waals surface area (Å²) < 4.78 is 0. The monoisotopic (exact) mass is 329 g/mol. The molecule has 0 saturated carbocycles. The predicted molar refractivity (Wildman–Crippen MR) is 98.6 cm³/mol. The molecule has 4 heteroatoms. The molecule has 0 amide bonds. The second-order valence-corrected chi connectivity index (χ2v) is 7.78. The second kappa shape index (κ2) is 9.05. The summed E-state index contributed by atoms with van der Waals surface area (Å²) in [4.78, 5) is 2.47. The maximum atomic E-state index is 9.24. The van der Waals surface area contributed by atoms with Crippen LogP contribution in [0, 0.1) is 22.7 Å². The highest BCUT2D eigenvalue weighted by Crippen LogP contribution is 2.24. The summed E-state index contributed by atoms with van der Waals surface area (Å²) in [5, 5.41) is 21.5. The Kier molecular flexibility index (Phi) is 7.08. The van der Waals surface area contributed by atoms with Crippen molar-refractivity contribution in [1.82, 2.24) is 4.90 Å². The quantitative estimate of drug-likeness (QED) is 0.764. The zero-order chi connectivity index (χ0) is 17.4. The number of anilines is 1. The molecule has 1 aliphatic heterocycles. The van der Waals surface area contributed by atoms with Gasteiger partial charge in [0, 0.05) is 31.8 Å². The Morgan fingerprint density at radius 2 is 2.08 bits per heavy atom. The Hall–Kier alpha value is -1.57. The van der Waals surface area contributed by atoms with Gasteiger partial charge in [0.25, 0.3) is 0 Å². The van der Waals surface area contributed by atoms with Crippen LogP contribution >= 0.6 is 0 Å². The van der Waals surface area contributed by atoms with E-state index in [1.807, 2.05) is 0 Å². The van der Waals surface area contributed by atoms with Crippen LogP contribution in [0.5, 0.6) is 0 Å². The van der Waals surface area contributed by atoms with Crippen molar-refractivity contribution in [2.75, 3.05) is 31.6 Å². The fourth-order valence-corrected chi connectivity index (χ4v) is 3.19. The number of piperidine rings is 1. The number of likely N-dealkylation sites (tertiary alicyclic amines) is 1. The molecule has 2 rings (SSSR count). The van der Waals surface area contributed by atoms with E-state index in [4.69, 9.17) is 5.26 Å². The topological polar surface area (TPSA) is 59.3 Å². The van der Waals surface area contributed by atoms with Crippen molar-refractivity contribution in [3.05, 3.63) is 29.8 Å². The highest BCUT2D eigenvalue weighted by atomic mass is 16.3. The van der Waals surface area contributed by atoms with E-state index < -0.39 is 0 Å². The van der Waals surface area contributed by atoms with E-state index in [-0.39, 0.29) is 5.41 Å². The molecule has 4 nitrogen and oxygen atoms in total. The predicted octanol–water partition coefficient (Wildman–Crippen LogP) is 3.63. The van der Waals surface area contributed by atoms with Crippen molar-refractivity contribution in [3.8, 4) is 6.07 Å². The third kappa shape index (κ3) is 6.14. The molecule has 132 valence electrons. The van der Waals surface area contributed by atoms with Crippen molar-refractivity contribution < 1.29 is 5.11 Å². The van der Waals surface area contributed by atoms with Crippen LogP contribution in [-0.2, 0) is 6.54 Å². The number of hydrogen-bond donors (Lipinski definition) is 2. The average molecular weight is 329 g/mol. The lowest BCUT2D eigenvalue weighted by Gasteiger charge is -2.31. The number of aliphatic hydroxyl groups excluding tert-OH is 1. The zero-order valence-corrected chi connectivity index (χ0v) is 15.1. The first-order valence-corrected chi connectivity index (χ1v) is 9.05. The number of rotatable bonds is 8. The molecule has 24 heavy (non-hydrogen) atoms. The van der Waals surface area contributed by atoms with Crippen molar-refractivity contribution >= 4 is 5.69 Å². The Bertz CT molecular complexity index is 542. The van der Waals surface area contributed by atoms with Crippen LogP contribution in [-0.4, -0.2) is 36.2 Å². The molecule has 1 heterocycles. The lowest BCUT2D eigenvalue weighted by atomic mass is 9.88. The van der Waals surface area contributed by atoms with E-state index in [9.17, 15) is 5.11 Å². The van der Waals surface area contributed by atoms with Gasteiger partial charge in [0.05, 0.1) is 6.07 Å². The van der Waals surface area contributed by atoms with E-state index in [1.54, 1.807) is 0 Å². The van der Waals surface area contributed by atoms with E-state index >= 15 is 0 Å². The molecule has 2 N–H and O–H groups in total. The minimum absolute atomic E-state index is 0.123. The van der Waals surface area contributed by atoms with Gasteiger partial charge in [0.2, 0.25) is 0 Å². The zero-order valence-electron chi connectivity index (χ0n) is 15.1. The molecule has 0 unspecified atom stereocenters. The van der Waals surface area contributed by atoms with E-state index in [1.165, 1.54) is 5.56 Å². The molecule has 1 aromatic carbocycles. The summed E-state index contributed by atoms with van der Waals surface area (Å²) in [6.45, 7) is 8.73. The number of hydrogen-bond acceptors (Lipinski definition) is 4.